The Bertz CT molecular complexity index is 446. The Hall–Kier alpha value is -1.00. The molecule has 1 aliphatic heterocycles. The third-order valence-electron chi connectivity index (χ3n) is 3.37. The van der Waals surface area contributed by atoms with Gasteiger partial charge in [0, 0.05) is 24.7 Å². The summed E-state index contributed by atoms with van der Waals surface area (Å²) in [6, 6.07) is 1.76. The molecule has 1 saturated heterocycles. The second kappa shape index (κ2) is 5.55. The van der Waals surface area contributed by atoms with E-state index in [0.29, 0.717) is 16.7 Å². The van der Waals surface area contributed by atoms with E-state index < -0.39 is 0 Å². The van der Waals surface area contributed by atoms with Crippen molar-refractivity contribution < 1.29 is 9.47 Å². The molecule has 4 nitrogen and oxygen atoms in total. The van der Waals surface area contributed by atoms with Crippen LogP contribution in [0.15, 0.2) is 12.3 Å². The van der Waals surface area contributed by atoms with Crippen LogP contribution in [0.3, 0.4) is 0 Å². The molecule has 2 rings (SSSR count). The summed E-state index contributed by atoms with van der Waals surface area (Å²) in [7, 11) is 1.55. The molecule has 0 radical (unpaired) electrons. The molecule has 1 aromatic rings. The molecule has 0 bridgehead atoms. The number of hydrogen-bond acceptors (Lipinski definition) is 4. The minimum absolute atomic E-state index is 0.188. The van der Waals surface area contributed by atoms with Crippen molar-refractivity contribution in [2.45, 2.75) is 38.8 Å². The lowest BCUT2D eigenvalue weighted by Crippen LogP contribution is -2.40. The number of likely N-dealkylation sites (tertiary alicyclic amines) is 1. The lowest BCUT2D eigenvalue weighted by molar-refractivity contribution is 0.140. The van der Waals surface area contributed by atoms with Crippen LogP contribution in [0.1, 0.15) is 27.2 Å². The topological polar surface area (TPSA) is 34.6 Å². The molecule has 0 aromatic carbocycles. The average molecular weight is 285 g/mol. The van der Waals surface area contributed by atoms with Gasteiger partial charge in [-0.15, -0.1) is 0 Å². The van der Waals surface area contributed by atoms with Gasteiger partial charge in [-0.1, -0.05) is 11.6 Å². The lowest BCUT2D eigenvalue weighted by atomic mass is 10.1. The number of ether oxygens (including phenoxy) is 2. The highest BCUT2D eigenvalue weighted by atomic mass is 35.5. The second-order valence-corrected chi connectivity index (χ2v) is 6.21. The number of nitrogens with zero attached hydrogens (tertiary/aromatic N) is 2. The van der Waals surface area contributed by atoms with Gasteiger partial charge in [0.15, 0.2) is 0 Å². The van der Waals surface area contributed by atoms with Gasteiger partial charge in [0.2, 0.25) is 5.88 Å². The van der Waals surface area contributed by atoms with Crippen LogP contribution in [0.5, 0.6) is 11.6 Å². The SMILES string of the molecule is COc1ncc(OC2CCN(C(C)(C)C)C2)cc1Cl. The van der Waals surface area contributed by atoms with Gasteiger partial charge in [0.05, 0.1) is 13.3 Å². The molecule has 1 atom stereocenters. The Morgan fingerprint density at radius 3 is 2.68 bits per heavy atom. The molecule has 106 valence electrons. The van der Waals surface area contributed by atoms with Crippen molar-refractivity contribution in [1.82, 2.24) is 9.88 Å². The lowest BCUT2D eigenvalue weighted by Gasteiger charge is -2.31. The number of rotatable bonds is 3. The smallest absolute Gasteiger partial charge is 0.232 e. The quantitative estimate of drug-likeness (QED) is 0.855. The summed E-state index contributed by atoms with van der Waals surface area (Å²) >= 11 is 6.04. The van der Waals surface area contributed by atoms with Crippen LogP contribution in [0.4, 0.5) is 0 Å². The molecule has 1 unspecified atom stereocenters. The molecule has 1 fully saturated rings. The molecular weight excluding hydrogens is 264 g/mol. The molecule has 0 spiro atoms. The maximum absolute atomic E-state index is 6.04. The Morgan fingerprint density at radius 1 is 1.42 bits per heavy atom. The van der Waals surface area contributed by atoms with Crippen LogP contribution in [0, 0.1) is 0 Å². The van der Waals surface area contributed by atoms with Gasteiger partial charge in [-0.05, 0) is 27.2 Å². The fraction of sp³-hybridized carbons (Fsp3) is 0.643. The summed E-state index contributed by atoms with van der Waals surface area (Å²) in [5, 5.41) is 0.477. The number of halogens is 1. The van der Waals surface area contributed by atoms with Crippen molar-refractivity contribution in [3.63, 3.8) is 0 Å². The molecule has 19 heavy (non-hydrogen) atoms. The van der Waals surface area contributed by atoms with Crippen molar-refractivity contribution >= 4 is 11.6 Å². The summed E-state index contributed by atoms with van der Waals surface area (Å²) < 4.78 is 11.0. The van der Waals surface area contributed by atoms with Crippen molar-refractivity contribution in [2.75, 3.05) is 20.2 Å². The summed E-state index contributed by atoms with van der Waals surface area (Å²) in [6.45, 7) is 8.67. The largest absolute Gasteiger partial charge is 0.487 e. The zero-order valence-electron chi connectivity index (χ0n) is 11.9. The minimum Gasteiger partial charge on any atom is -0.487 e. The van der Waals surface area contributed by atoms with E-state index in [0.717, 1.165) is 19.5 Å². The fourth-order valence-corrected chi connectivity index (χ4v) is 2.48. The predicted octanol–water partition coefficient (Wildman–Crippen LogP) is 3.00. The number of hydrogen-bond donors (Lipinski definition) is 0. The van der Waals surface area contributed by atoms with Crippen molar-refractivity contribution in [1.29, 1.82) is 0 Å². The maximum Gasteiger partial charge on any atom is 0.232 e. The van der Waals surface area contributed by atoms with Crippen LogP contribution in [-0.4, -0.2) is 41.7 Å². The molecule has 0 N–H and O–H groups in total. The first-order chi connectivity index (χ1) is 8.90. The van der Waals surface area contributed by atoms with Gasteiger partial charge in [-0.25, -0.2) is 4.98 Å². The Balaban J connectivity index is 1.98. The highest BCUT2D eigenvalue weighted by molar-refractivity contribution is 6.31. The molecule has 5 heteroatoms. The van der Waals surface area contributed by atoms with Crippen molar-refractivity contribution in [3.8, 4) is 11.6 Å². The van der Waals surface area contributed by atoms with Crippen molar-refractivity contribution in [2.24, 2.45) is 0 Å². The summed E-state index contributed by atoms with van der Waals surface area (Å²) in [5.41, 5.74) is 0.188. The first-order valence-corrected chi connectivity index (χ1v) is 6.89. The van der Waals surface area contributed by atoms with E-state index in [4.69, 9.17) is 21.1 Å². The highest BCUT2D eigenvalue weighted by Crippen LogP contribution is 2.28. The van der Waals surface area contributed by atoms with Gasteiger partial charge < -0.3 is 9.47 Å². The van der Waals surface area contributed by atoms with Gasteiger partial charge in [-0.2, -0.15) is 0 Å². The van der Waals surface area contributed by atoms with Crippen LogP contribution in [0.25, 0.3) is 0 Å². The van der Waals surface area contributed by atoms with E-state index >= 15 is 0 Å². The summed E-state index contributed by atoms with van der Waals surface area (Å²) in [6.07, 6.45) is 2.89. The molecule has 1 aliphatic rings. The standard InChI is InChI=1S/C14H21ClN2O2/c1-14(2,3)17-6-5-10(9-17)19-11-7-12(15)13(18-4)16-8-11/h7-8,10H,5-6,9H2,1-4H3. The van der Waals surface area contributed by atoms with E-state index in [2.05, 4.69) is 30.7 Å². The number of pyridine rings is 1. The molecule has 1 aromatic heterocycles. The third-order valence-corrected chi connectivity index (χ3v) is 3.64. The summed E-state index contributed by atoms with van der Waals surface area (Å²) in [4.78, 5) is 6.54. The molecule has 0 saturated carbocycles. The number of methoxy groups -OCH3 is 1. The van der Waals surface area contributed by atoms with Crippen LogP contribution >= 0.6 is 11.6 Å². The third kappa shape index (κ3) is 3.51. The minimum atomic E-state index is 0.188. The van der Waals surface area contributed by atoms with E-state index in [1.54, 1.807) is 19.4 Å². The first-order valence-electron chi connectivity index (χ1n) is 6.51. The van der Waals surface area contributed by atoms with Gasteiger partial charge in [-0.3, -0.25) is 4.90 Å². The van der Waals surface area contributed by atoms with E-state index in [1.807, 2.05) is 0 Å². The first kappa shape index (κ1) is 14.4. The predicted molar refractivity (Wildman–Crippen MR) is 76.2 cm³/mol. The van der Waals surface area contributed by atoms with Gasteiger partial charge in [0.1, 0.15) is 16.9 Å². The van der Waals surface area contributed by atoms with Crippen LogP contribution < -0.4 is 9.47 Å². The van der Waals surface area contributed by atoms with Gasteiger partial charge in [0.25, 0.3) is 0 Å². The fourth-order valence-electron chi connectivity index (χ4n) is 2.25. The van der Waals surface area contributed by atoms with E-state index in [1.165, 1.54) is 0 Å². The zero-order chi connectivity index (χ0) is 14.0. The summed E-state index contributed by atoms with van der Waals surface area (Å²) in [5.74, 6) is 1.13. The highest BCUT2D eigenvalue weighted by Gasteiger charge is 2.31. The molecule has 0 aliphatic carbocycles. The van der Waals surface area contributed by atoms with Crippen LogP contribution in [0.2, 0.25) is 5.02 Å². The molecule has 2 heterocycles. The van der Waals surface area contributed by atoms with E-state index in [9.17, 15) is 0 Å². The van der Waals surface area contributed by atoms with E-state index in [-0.39, 0.29) is 11.6 Å². The molecule has 0 amide bonds. The second-order valence-electron chi connectivity index (χ2n) is 5.81. The Labute approximate surface area is 119 Å². The van der Waals surface area contributed by atoms with Crippen LogP contribution in [-0.2, 0) is 0 Å². The van der Waals surface area contributed by atoms with Gasteiger partial charge >= 0.3 is 0 Å². The Morgan fingerprint density at radius 2 is 2.16 bits per heavy atom. The average Bonchev–Trinajstić information content (AvgIpc) is 2.77. The molecular formula is C14H21ClN2O2. The zero-order valence-corrected chi connectivity index (χ0v) is 12.7. The monoisotopic (exact) mass is 284 g/mol. The number of aromatic nitrogens is 1. The normalized spacial score (nSPS) is 20.6. The van der Waals surface area contributed by atoms with Crippen molar-refractivity contribution in [3.05, 3.63) is 17.3 Å². The Kier molecular flexibility index (Phi) is 4.21. The maximum atomic E-state index is 6.04.